The first-order valence-corrected chi connectivity index (χ1v) is 21.0. The summed E-state index contributed by atoms with van der Waals surface area (Å²) >= 11 is 1.37. The molecule has 0 unspecified atom stereocenters. The molecule has 1 saturated heterocycles. The van der Waals surface area contributed by atoms with E-state index in [9.17, 15) is 40.8 Å². The highest BCUT2D eigenvalue weighted by atomic mass is 32.2. The van der Waals surface area contributed by atoms with Crippen molar-refractivity contribution < 1.29 is 50.2 Å². The molecule has 6 rings (SSSR count). The molecule has 4 aliphatic rings. The van der Waals surface area contributed by atoms with E-state index in [0.29, 0.717) is 62.4 Å². The van der Waals surface area contributed by atoms with Gasteiger partial charge in [-0.1, -0.05) is 26.0 Å². The third-order valence-corrected chi connectivity index (χ3v) is 14.2. The number of thiazole rings is 1. The van der Waals surface area contributed by atoms with Gasteiger partial charge >= 0.3 is 12.3 Å². The summed E-state index contributed by atoms with van der Waals surface area (Å²) in [6, 6.07) is 0.547. The maximum Gasteiger partial charge on any atom is 0.427 e. The third-order valence-electron chi connectivity index (χ3n) is 11.2. The van der Waals surface area contributed by atoms with E-state index >= 15 is 0 Å². The van der Waals surface area contributed by atoms with Gasteiger partial charge in [-0.05, 0) is 77.2 Å². The monoisotopic (exact) mass is 824 g/mol. The Labute approximate surface area is 327 Å². The van der Waals surface area contributed by atoms with Gasteiger partial charge in [0.1, 0.15) is 40.2 Å². The zero-order chi connectivity index (χ0) is 40.8. The molecule has 306 valence electrons. The fourth-order valence-corrected chi connectivity index (χ4v) is 9.10. The number of halogens is 3. The fraction of sp³-hybridized carbons (Fsp3) is 0.622. The van der Waals surface area contributed by atoms with E-state index in [-0.39, 0.29) is 25.3 Å². The number of nitrogens with zero attached hydrogens (tertiary/aromatic N) is 3. The van der Waals surface area contributed by atoms with Gasteiger partial charge < -0.3 is 25.0 Å². The van der Waals surface area contributed by atoms with Crippen LogP contribution < -0.4 is 20.1 Å². The summed E-state index contributed by atoms with van der Waals surface area (Å²) in [7, 11) is -4.07. The molecule has 2 aromatic rings. The lowest BCUT2D eigenvalue weighted by Crippen LogP contribution is -2.59. The highest BCUT2D eigenvalue weighted by molar-refractivity contribution is 7.91. The fourth-order valence-electron chi connectivity index (χ4n) is 7.19. The zero-order valence-electron chi connectivity index (χ0n) is 31.7. The van der Waals surface area contributed by atoms with Crippen LogP contribution in [0.5, 0.6) is 5.75 Å². The van der Waals surface area contributed by atoms with Gasteiger partial charge in [0, 0.05) is 36.2 Å². The Morgan fingerprint density at radius 1 is 1.11 bits per heavy atom. The van der Waals surface area contributed by atoms with E-state index in [1.807, 2.05) is 13.0 Å². The van der Waals surface area contributed by atoms with Crippen LogP contribution in [0.15, 0.2) is 42.1 Å². The summed E-state index contributed by atoms with van der Waals surface area (Å²) in [6.07, 6.45) is 1.97. The smallest absolute Gasteiger partial charge is 0.427 e. The average molecular weight is 825 g/mol. The topological polar surface area (TPSA) is 186 Å². The number of aromatic nitrogens is 2. The minimum absolute atomic E-state index is 0.0277. The van der Waals surface area contributed by atoms with Gasteiger partial charge in [0.15, 0.2) is 0 Å². The van der Waals surface area contributed by atoms with Gasteiger partial charge in [0.2, 0.25) is 27.4 Å². The number of ether oxygens (including phenoxy) is 2. The Kier molecular flexibility index (Phi) is 11.3. The van der Waals surface area contributed by atoms with Gasteiger partial charge in [-0.15, -0.1) is 11.3 Å². The molecule has 0 radical (unpaired) electrons. The second-order valence-corrected chi connectivity index (χ2v) is 19.3. The molecular weight excluding hydrogens is 778 g/mol. The predicted octanol–water partition coefficient (Wildman–Crippen LogP) is 4.87. The van der Waals surface area contributed by atoms with Crippen LogP contribution in [0.4, 0.5) is 18.0 Å². The van der Waals surface area contributed by atoms with Crippen LogP contribution in [0.1, 0.15) is 79.6 Å². The van der Waals surface area contributed by atoms with Crippen molar-refractivity contribution in [2.75, 3.05) is 6.54 Å². The maximum atomic E-state index is 14.7. The number of carbonyl (C=O) groups is 4. The molecule has 4 heterocycles. The summed E-state index contributed by atoms with van der Waals surface area (Å²) in [6.45, 7) is 6.38. The number of sulfonamides is 1. The molecule has 2 aromatic heterocycles. The molecule has 3 N–H and O–H groups in total. The standard InChI is InChI=1S/C37H47F3N6O8S2/c1-21-8-6-7-9-23-19-36(23,32(49)45-56(51,52)35(5)11-12-35)44-29(47)27-18-25(53-24-10-13-41-26(17-24)30-42-14-15-55-30)20-46(27)31(48)28(22(2)16-21)43-33(50)54-34(3,4)37(38,39)40/h7,9-10,13-15,17,21-23,25,27-28H,6,8,11-12,16,18-20H2,1-5H3,(H,43,50)(H,44,47)(H,45,49)/b9-7-/t21-,22-,23-,25-,27+,28+,36-/m1/s1. The second-order valence-electron chi connectivity index (χ2n) is 16.2. The molecule has 0 spiro atoms. The first kappa shape index (κ1) is 41.4. The number of fused-ring (bicyclic) bond motifs is 2. The largest absolute Gasteiger partial charge is 0.488 e. The molecule has 19 heteroatoms. The second kappa shape index (κ2) is 15.2. The van der Waals surface area contributed by atoms with Crippen LogP contribution >= 0.6 is 11.3 Å². The Balaban J connectivity index is 1.33. The first-order valence-electron chi connectivity index (χ1n) is 18.6. The van der Waals surface area contributed by atoms with Crippen LogP contribution in [0.3, 0.4) is 0 Å². The molecule has 4 amide bonds. The van der Waals surface area contributed by atoms with Gasteiger partial charge in [-0.3, -0.25) is 24.1 Å². The van der Waals surface area contributed by atoms with E-state index in [1.165, 1.54) is 29.4 Å². The van der Waals surface area contributed by atoms with Crippen LogP contribution in [0.2, 0.25) is 0 Å². The molecule has 56 heavy (non-hydrogen) atoms. The van der Waals surface area contributed by atoms with Gasteiger partial charge in [-0.2, -0.15) is 13.2 Å². The molecule has 7 atom stereocenters. The zero-order valence-corrected chi connectivity index (χ0v) is 33.4. The highest BCUT2D eigenvalue weighted by Gasteiger charge is 2.63. The molecule has 0 bridgehead atoms. The number of amides is 4. The molecule has 2 aliphatic carbocycles. The number of hydrogen-bond donors (Lipinski definition) is 3. The number of hydrogen-bond acceptors (Lipinski definition) is 11. The van der Waals surface area contributed by atoms with Crippen LogP contribution in [0.25, 0.3) is 10.7 Å². The van der Waals surface area contributed by atoms with E-state index in [0.717, 1.165) is 0 Å². The number of nitrogens with one attached hydrogen (secondary N) is 3. The van der Waals surface area contributed by atoms with Gasteiger partial charge in [0.25, 0.3) is 5.91 Å². The van der Waals surface area contributed by atoms with Crippen molar-refractivity contribution in [1.82, 2.24) is 30.2 Å². The molecule has 2 saturated carbocycles. The maximum absolute atomic E-state index is 14.7. The lowest BCUT2D eigenvalue weighted by molar-refractivity contribution is -0.244. The summed E-state index contributed by atoms with van der Waals surface area (Å²) in [5, 5.41) is 7.59. The lowest BCUT2D eigenvalue weighted by atomic mass is 9.88. The molecule has 3 fully saturated rings. The number of alkyl halides is 3. The van der Waals surface area contributed by atoms with Gasteiger partial charge in [-0.25, -0.2) is 18.2 Å². The Bertz CT molecular complexity index is 1970. The van der Waals surface area contributed by atoms with Crippen molar-refractivity contribution in [3.05, 3.63) is 42.1 Å². The van der Waals surface area contributed by atoms with E-state index in [2.05, 4.69) is 25.3 Å². The van der Waals surface area contributed by atoms with Crippen molar-refractivity contribution in [1.29, 1.82) is 0 Å². The predicted molar refractivity (Wildman–Crippen MR) is 198 cm³/mol. The molecule has 0 aromatic carbocycles. The number of alkyl carbamates (subject to hydrolysis) is 1. The van der Waals surface area contributed by atoms with E-state index in [4.69, 9.17) is 9.47 Å². The summed E-state index contributed by atoms with van der Waals surface area (Å²) in [4.78, 5) is 65.8. The normalized spacial score (nSPS) is 30.0. The van der Waals surface area contributed by atoms with Crippen molar-refractivity contribution in [2.24, 2.45) is 17.8 Å². The van der Waals surface area contributed by atoms with Gasteiger partial charge in [0.05, 0.1) is 11.3 Å². The highest BCUT2D eigenvalue weighted by Crippen LogP contribution is 2.47. The summed E-state index contributed by atoms with van der Waals surface area (Å²) < 4.78 is 79.5. The first-order chi connectivity index (χ1) is 26.1. The van der Waals surface area contributed by atoms with Crippen molar-refractivity contribution >= 4 is 45.2 Å². The minimum atomic E-state index is -4.91. The summed E-state index contributed by atoms with van der Waals surface area (Å²) in [5.41, 5.74) is -3.97. The Morgan fingerprint density at radius 3 is 2.50 bits per heavy atom. The SMILES string of the molecule is C[C@@H]1CC/C=C\[C@@H]2C[C@@]2(C(=O)NS(=O)(=O)C2(C)CC2)NC(=O)[C@@H]2C[C@@H](Oc3ccnc(-c4nccs4)c3)CN2C(=O)[C@@H](NC(=O)OC(C)(C)C(F)(F)F)[C@H](C)C1. The number of pyridine rings is 1. The van der Waals surface area contributed by atoms with E-state index in [1.54, 1.807) is 36.7 Å². The molecular formula is C37H47F3N6O8S2. The van der Waals surface area contributed by atoms with Crippen molar-refractivity contribution in [3.63, 3.8) is 0 Å². The van der Waals surface area contributed by atoms with Crippen molar-refractivity contribution in [2.45, 2.75) is 120 Å². The Morgan fingerprint density at radius 2 is 1.84 bits per heavy atom. The molecule has 2 aliphatic heterocycles. The van der Waals surface area contributed by atoms with Crippen LogP contribution in [0, 0.1) is 17.8 Å². The number of rotatable bonds is 8. The minimum Gasteiger partial charge on any atom is -0.488 e. The Hall–Kier alpha value is -4.26. The quantitative estimate of drug-likeness (QED) is 0.310. The van der Waals surface area contributed by atoms with Crippen molar-refractivity contribution in [3.8, 4) is 16.5 Å². The number of allylic oxidation sites excluding steroid dienone is 1. The molecule has 14 nitrogen and oxygen atoms in total. The third kappa shape index (κ3) is 8.67. The summed E-state index contributed by atoms with van der Waals surface area (Å²) in [5.74, 6) is -3.24. The number of carbonyl (C=O) groups excluding carboxylic acids is 4. The van der Waals surface area contributed by atoms with E-state index < -0.39 is 85.9 Å². The lowest BCUT2D eigenvalue weighted by Gasteiger charge is -2.34. The van der Waals surface area contributed by atoms with Crippen LogP contribution in [-0.4, -0.2) is 93.9 Å². The van der Waals surface area contributed by atoms with Crippen LogP contribution in [-0.2, 0) is 29.1 Å². The average Bonchev–Trinajstić information content (AvgIpc) is 3.86.